The van der Waals surface area contributed by atoms with Crippen LogP contribution in [0, 0.1) is 0 Å². The number of methoxy groups -OCH3 is 3. The predicted molar refractivity (Wildman–Crippen MR) is 126 cm³/mol. The number of hydrogen-bond donors (Lipinski definition) is 2. The molecule has 0 spiro atoms. The van der Waals surface area contributed by atoms with Crippen LogP contribution < -0.4 is 24.2 Å². The Morgan fingerprint density at radius 1 is 0.818 bits per heavy atom. The average Bonchev–Trinajstić information content (AvgIpc) is 2.84. The topological polar surface area (TPSA) is 103 Å². The summed E-state index contributed by atoms with van der Waals surface area (Å²) in [5, 5.41) is 2.83. The molecular formula is C24H26N2O6S. The van der Waals surface area contributed by atoms with E-state index >= 15 is 0 Å². The lowest BCUT2D eigenvalue weighted by molar-refractivity contribution is 0.0954. The molecule has 174 valence electrons. The third-order valence-electron chi connectivity index (χ3n) is 4.94. The highest BCUT2D eigenvalue weighted by Gasteiger charge is 2.15. The highest BCUT2D eigenvalue weighted by Crippen LogP contribution is 2.25. The molecule has 3 aromatic rings. The van der Waals surface area contributed by atoms with Crippen LogP contribution in [0.4, 0.5) is 5.69 Å². The number of carbonyl (C=O) groups is 1. The number of ether oxygens (including phenoxy) is 3. The highest BCUT2D eigenvalue weighted by atomic mass is 32.2. The maximum atomic E-state index is 12.6. The van der Waals surface area contributed by atoms with Crippen LogP contribution in [-0.2, 0) is 16.4 Å². The van der Waals surface area contributed by atoms with E-state index in [1.807, 2.05) is 12.1 Å². The molecule has 3 rings (SSSR count). The zero-order chi connectivity index (χ0) is 23.8. The SMILES string of the molecule is COc1ccc(NS(=O)(=O)c2ccc(C(=O)NCCc3ccc(OC)cc3OC)cc2)cc1. The first-order chi connectivity index (χ1) is 15.9. The van der Waals surface area contributed by atoms with E-state index in [1.165, 1.54) is 31.4 Å². The first kappa shape index (κ1) is 23.9. The van der Waals surface area contributed by atoms with E-state index in [2.05, 4.69) is 10.0 Å². The van der Waals surface area contributed by atoms with E-state index in [0.29, 0.717) is 41.5 Å². The fourth-order valence-corrected chi connectivity index (χ4v) is 4.19. The van der Waals surface area contributed by atoms with Gasteiger partial charge in [0.2, 0.25) is 0 Å². The van der Waals surface area contributed by atoms with Gasteiger partial charge in [-0.1, -0.05) is 6.07 Å². The van der Waals surface area contributed by atoms with Crippen molar-refractivity contribution in [3.63, 3.8) is 0 Å². The van der Waals surface area contributed by atoms with E-state index in [4.69, 9.17) is 14.2 Å². The molecule has 0 aliphatic heterocycles. The molecule has 9 heteroatoms. The van der Waals surface area contributed by atoms with E-state index in [-0.39, 0.29) is 10.8 Å². The van der Waals surface area contributed by atoms with E-state index in [1.54, 1.807) is 44.6 Å². The van der Waals surface area contributed by atoms with Crippen molar-refractivity contribution in [3.8, 4) is 17.2 Å². The van der Waals surface area contributed by atoms with Gasteiger partial charge in [0.25, 0.3) is 15.9 Å². The van der Waals surface area contributed by atoms with Gasteiger partial charge >= 0.3 is 0 Å². The Kier molecular flexibility index (Phi) is 7.78. The molecule has 1 amide bonds. The van der Waals surface area contributed by atoms with Crippen molar-refractivity contribution < 1.29 is 27.4 Å². The first-order valence-electron chi connectivity index (χ1n) is 10.1. The van der Waals surface area contributed by atoms with E-state index in [0.717, 1.165) is 5.56 Å². The van der Waals surface area contributed by atoms with Gasteiger partial charge in [-0.05, 0) is 66.6 Å². The largest absolute Gasteiger partial charge is 0.497 e. The Labute approximate surface area is 193 Å². The molecule has 33 heavy (non-hydrogen) atoms. The van der Waals surface area contributed by atoms with Gasteiger partial charge in [0.05, 0.1) is 26.2 Å². The highest BCUT2D eigenvalue weighted by molar-refractivity contribution is 7.92. The lowest BCUT2D eigenvalue weighted by Crippen LogP contribution is -2.25. The van der Waals surface area contributed by atoms with Crippen molar-refractivity contribution in [3.05, 3.63) is 77.9 Å². The molecule has 0 saturated carbocycles. The molecule has 0 heterocycles. The molecule has 0 aromatic heterocycles. The summed E-state index contributed by atoms with van der Waals surface area (Å²) in [6.07, 6.45) is 0.567. The molecule has 0 unspecified atom stereocenters. The summed E-state index contributed by atoms with van der Waals surface area (Å²) in [7, 11) is 0.909. The fraction of sp³-hybridized carbons (Fsp3) is 0.208. The van der Waals surface area contributed by atoms with Crippen LogP contribution in [0.2, 0.25) is 0 Å². The van der Waals surface area contributed by atoms with Crippen molar-refractivity contribution in [2.45, 2.75) is 11.3 Å². The van der Waals surface area contributed by atoms with Gasteiger partial charge in [-0.2, -0.15) is 0 Å². The smallest absolute Gasteiger partial charge is 0.261 e. The quantitative estimate of drug-likeness (QED) is 0.470. The number of benzene rings is 3. The summed E-state index contributed by atoms with van der Waals surface area (Å²) >= 11 is 0. The van der Waals surface area contributed by atoms with Gasteiger partial charge in [-0.15, -0.1) is 0 Å². The number of hydrogen-bond acceptors (Lipinski definition) is 6. The van der Waals surface area contributed by atoms with Gasteiger partial charge in [-0.3, -0.25) is 9.52 Å². The maximum Gasteiger partial charge on any atom is 0.261 e. The summed E-state index contributed by atoms with van der Waals surface area (Å²) in [6.45, 7) is 0.389. The third-order valence-corrected chi connectivity index (χ3v) is 6.34. The predicted octanol–water partition coefficient (Wildman–Crippen LogP) is 3.49. The molecule has 0 aliphatic rings. The van der Waals surface area contributed by atoms with E-state index < -0.39 is 10.0 Å². The van der Waals surface area contributed by atoms with Crippen LogP contribution in [0.5, 0.6) is 17.2 Å². The van der Waals surface area contributed by atoms with Gasteiger partial charge < -0.3 is 19.5 Å². The Bertz CT molecular complexity index is 1190. The Morgan fingerprint density at radius 3 is 2.06 bits per heavy atom. The minimum Gasteiger partial charge on any atom is -0.497 e. The Hall–Kier alpha value is -3.72. The van der Waals surface area contributed by atoms with Crippen molar-refractivity contribution >= 4 is 21.6 Å². The van der Waals surface area contributed by atoms with Crippen molar-refractivity contribution in [2.75, 3.05) is 32.6 Å². The second kappa shape index (κ2) is 10.7. The Balaban J connectivity index is 1.59. The second-order valence-electron chi connectivity index (χ2n) is 7.04. The third kappa shape index (κ3) is 6.17. The standard InChI is InChI=1S/C24H26N2O6S/c1-30-20-10-7-19(8-11-20)26-33(28,29)22-12-5-18(6-13-22)24(27)25-15-14-17-4-9-21(31-2)16-23(17)32-3/h4-13,16,26H,14-15H2,1-3H3,(H,25,27). The zero-order valence-electron chi connectivity index (χ0n) is 18.6. The lowest BCUT2D eigenvalue weighted by Gasteiger charge is -2.11. The van der Waals surface area contributed by atoms with Gasteiger partial charge in [0.15, 0.2) is 0 Å². The molecule has 8 nitrogen and oxygen atoms in total. The zero-order valence-corrected chi connectivity index (χ0v) is 19.4. The lowest BCUT2D eigenvalue weighted by atomic mass is 10.1. The number of sulfonamides is 1. The summed E-state index contributed by atoms with van der Waals surface area (Å²) < 4.78 is 43.3. The molecule has 0 bridgehead atoms. The van der Waals surface area contributed by atoms with Crippen molar-refractivity contribution in [1.82, 2.24) is 5.32 Å². The van der Waals surface area contributed by atoms with Crippen LogP contribution in [0.25, 0.3) is 0 Å². The van der Waals surface area contributed by atoms with E-state index in [9.17, 15) is 13.2 Å². The molecule has 0 saturated heterocycles. The van der Waals surface area contributed by atoms with Crippen LogP contribution in [0.1, 0.15) is 15.9 Å². The van der Waals surface area contributed by atoms with Crippen LogP contribution >= 0.6 is 0 Å². The summed E-state index contributed by atoms with van der Waals surface area (Å²) in [5.74, 6) is 1.70. The molecular weight excluding hydrogens is 444 g/mol. The summed E-state index contributed by atoms with van der Waals surface area (Å²) in [4.78, 5) is 12.5. The molecule has 0 fully saturated rings. The van der Waals surface area contributed by atoms with Crippen molar-refractivity contribution in [2.24, 2.45) is 0 Å². The molecule has 0 atom stereocenters. The maximum absolute atomic E-state index is 12.6. The number of amides is 1. The van der Waals surface area contributed by atoms with Crippen LogP contribution in [-0.4, -0.2) is 42.2 Å². The second-order valence-corrected chi connectivity index (χ2v) is 8.72. The molecule has 3 aromatic carbocycles. The fourth-order valence-electron chi connectivity index (χ4n) is 3.13. The number of rotatable bonds is 10. The molecule has 0 radical (unpaired) electrons. The first-order valence-corrected chi connectivity index (χ1v) is 11.6. The normalized spacial score (nSPS) is 10.9. The van der Waals surface area contributed by atoms with Crippen molar-refractivity contribution in [1.29, 1.82) is 0 Å². The van der Waals surface area contributed by atoms with Crippen LogP contribution in [0.15, 0.2) is 71.6 Å². The molecule has 0 aliphatic carbocycles. The van der Waals surface area contributed by atoms with Gasteiger partial charge in [0.1, 0.15) is 17.2 Å². The minimum absolute atomic E-state index is 0.0536. The molecule has 2 N–H and O–H groups in total. The summed E-state index contributed by atoms with van der Waals surface area (Å²) in [6, 6.07) is 17.8. The summed E-state index contributed by atoms with van der Waals surface area (Å²) in [5.41, 5.74) is 1.70. The van der Waals surface area contributed by atoms with Gasteiger partial charge in [0, 0.05) is 23.9 Å². The average molecular weight is 471 g/mol. The monoisotopic (exact) mass is 470 g/mol. The Morgan fingerprint density at radius 2 is 1.45 bits per heavy atom. The number of nitrogens with one attached hydrogen (secondary N) is 2. The minimum atomic E-state index is -3.79. The van der Waals surface area contributed by atoms with Crippen LogP contribution in [0.3, 0.4) is 0 Å². The number of anilines is 1. The van der Waals surface area contributed by atoms with Gasteiger partial charge in [-0.25, -0.2) is 8.42 Å². The number of carbonyl (C=O) groups excluding carboxylic acids is 1.